The van der Waals surface area contributed by atoms with E-state index in [1.807, 2.05) is 78.2 Å². The highest BCUT2D eigenvalue weighted by Crippen LogP contribution is 2.13. The molecule has 0 fully saturated rings. The van der Waals surface area contributed by atoms with E-state index in [-0.39, 0.29) is 12.5 Å². The van der Waals surface area contributed by atoms with Crippen molar-refractivity contribution < 1.29 is 14.3 Å². The Hall–Kier alpha value is -3.12. The predicted octanol–water partition coefficient (Wildman–Crippen LogP) is 4.24. The average Bonchev–Trinajstić information content (AvgIpc) is 3.26. The summed E-state index contributed by atoms with van der Waals surface area (Å²) in [5, 5.41) is 4.73. The van der Waals surface area contributed by atoms with Crippen LogP contribution in [0, 0.1) is 0 Å². The van der Waals surface area contributed by atoms with Gasteiger partial charge in [-0.25, -0.2) is 4.79 Å². The van der Waals surface area contributed by atoms with E-state index in [1.165, 1.54) is 0 Å². The molecule has 0 saturated heterocycles. The van der Waals surface area contributed by atoms with Crippen molar-refractivity contribution in [2.24, 2.45) is 0 Å². The van der Waals surface area contributed by atoms with Crippen LogP contribution in [-0.4, -0.2) is 30.0 Å². The third kappa shape index (κ3) is 6.47. The van der Waals surface area contributed by atoms with Crippen LogP contribution >= 0.6 is 11.3 Å². The molecule has 1 aromatic heterocycles. The van der Waals surface area contributed by atoms with Crippen LogP contribution in [0.25, 0.3) is 0 Å². The summed E-state index contributed by atoms with van der Waals surface area (Å²) in [6.07, 6.45) is -0.206. The monoisotopic (exact) mass is 408 g/mol. The van der Waals surface area contributed by atoms with E-state index in [2.05, 4.69) is 5.32 Å². The Morgan fingerprint density at radius 1 is 0.966 bits per heavy atom. The third-order valence-electron chi connectivity index (χ3n) is 4.43. The second-order valence-electron chi connectivity index (χ2n) is 6.72. The summed E-state index contributed by atoms with van der Waals surface area (Å²) in [6.45, 7) is 0.659. The van der Waals surface area contributed by atoms with E-state index in [0.29, 0.717) is 13.0 Å². The molecular weight excluding hydrogens is 384 g/mol. The van der Waals surface area contributed by atoms with Crippen LogP contribution in [0.5, 0.6) is 0 Å². The minimum Gasteiger partial charge on any atom is -0.445 e. The predicted molar refractivity (Wildman–Crippen MR) is 114 cm³/mol. The average molecular weight is 409 g/mol. The molecule has 0 unspecified atom stereocenters. The van der Waals surface area contributed by atoms with Gasteiger partial charge in [0.2, 0.25) is 5.91 Å². The summed E-state index contributed by atoms with van der Waals surface area (Å²) in [5.41, 5.74) is 1.86. The van der Waals surface area contributed by atoms with Gasteiger partial charge in [-0.15, -0.1) is 11.3 Å². The lowest BCUT2D eigenvalue weighted by molar-refractivity contribution is -0.132. The van der Waals surface area contributed by atoms with Crippen molar-refractivity contribution in [3.63, 3.8) is 0 Å². The van der Waals surface area contributed by atoms with Crippen LogP contribution in [-0.2, 0) is 29.1 Å². The van der Waals surface area contributed by atoms with Crippen molar-refractivity contribution in [1.82, 2.24) is 10.2 Å². The Kier molecular flexibility index (Phi) is 7.41. The highest BCUT2D eigenvalue weighted by molar-refractivity contribution is 7.09. The first-order valence-electron chi connectivity index (χ1n) is 9.40. The maximum absolute atomic E-state index is 13.0. The van der Waals surface area contributed by atoms with Crippen molar-refractivity contribution in [1.29, 1.82) is 0 Å². The van der Waals surface area contributed by atoms with Crippen molar-refractivity contribution in [2.75, 3.05) is 7.05 Å². The zero-order valence-electron chi connectivity index (χ0n) is 16.3. The van der Waals surface area contributed by atoms with Crippen LogP contribution in [0.4, 0.5) is 4.79 Å². The Morgan fingerprint density at radius 3 is 2.24 bits per heavy atom. The standard InChI is InChI=1S/C23H24N2O3S/c1-25(16-20-13-8-14-29-20)22(26)21(15-18-9-4-2-5-10-18)24-23(27)28-17-19-11-6-3-7-12-19/h2-14,21H,15-17H2,1H3,(H,24,27)/t21-/m0/s1. The number of alkyl carbamates (subject to hydrolysis) is 1. The molecule has 3 rings (SSSR count). The molecular formula is C23H24N2O3S. The number of likely N-dealkylation sites (N-methyl/N-ethyl adjacent to an activating group) is 1. The van der Waals surface area contributed by atoms with Crippen molar-refractivity contribution in [3.05, 3.63) is 94.2 Å². The highest BCUT2D eigenvalue weighted by Gasteiger charge is 2.25. The maximum atomic E-state index is 13.0. The van der Waals surface area contributed by atoms with Crippen molar-refractivity contribution >= 4 is 23.3 Å². The van der Waals surface area contributed by atoms with E-state index in [4.69, 9.17) is 4.74 Å². The summed E-state index contributed by atoms with van der Waals surface area (Å²) in [5.74, 6) is -0.154. The number of nitrogens with one attached hydrogen (secondary N) is 1. The van der Waals surface area contributed by atoms with Gasteiger partial charge in [0.25, 0.3) is 0 Å². The van der Waals surface area contributed by atoms with Crippen LogP contribution in [0.2, 0.25) is 0 Å². The van der Waals surface area contributed by atoms with E-state index in [0.717, 1.165) is 16.0 Å². The molecule has 2 amide bonds. The summed E-state index contributed by atoms with van der Waals surface area (Å²) in [7, 11) is 1.75. The molecule has 1 atom stereocenters. The number of nitrogens with zero attached hydrogens (tertiary/aromatic N) is 1. The van der Waals surface area contributed by atoms with Crippen LogP contribution in [0.15, 0.2) is 78.2 Å². The zero-order chi connectivity index (χ0) is 20.5. The number of ether oxygens (including phenoxy) is 1. The minimum absolute atomic E-state index is 0.154. The van der Waals surface area contributed by atoms with Gasteiger partial charge >= 0.3 is 6.09 Å². The highest BCUT2D eigenvalue weighted by atomic mass is 32.1. The van der Waals surface area contributed by atoms with Gasteiger partial charge in [-0.3, -0.25) is 4.79 Å². The van der Waals surface area contributed by atoms with Gasteiger partial charge in [0.15, 0.2) is 0 Å². The van der Waals surface area contributed by atoms with Crippen LogP contribution in [0.1, 0.15) is 16.0 Å². The smallest absolute Gasteiger partial charge is 0.408 e. The molecule has 3 aromatic rings. The van der Waals surface area contributed by atoms with Gasteiger partial charge in [0.05, 0.1) is 6.54 Å². The molecule has 0 spiro atoms. The van der Waals surface area contributed by atoms with Gasteiger partial charge in [0, 0.05) is 18.3 Å². The molecule has 1 heterocycles. The fourth-order valence-electron chi connectivity index (χ4n) is 2.94. The molecule has 2 aromatic carbocycles. The van der Waals surface area contributed by atoms with Crippen molar-refractivity contribution in [3.8, 4) is 0 Å². The number of amides is 2. The zero-order valence-corrected chi connectivity index (χ0v) is 17.1. The van der Waals surface area contributed by atoms with Gasteiger partial charge in [-0.05, 0) is 22.6 Å². The molecule has 0 aliphatic heterocycles. The SMILES string of the molecule is CN(Cc1cccs1)C(=O)[C@H](Cc1ccccc1)NC(=O)OCc1ccccc1. The molecule has 0 saturated carbocycles. The number of benzene rings is 2. The molecule has 5 nitrogen and oxygen atoms in total. The molecule has 150 valence electrons. The van der Waals surface area contributed by atoms with E-state index in [1.54, 1.807) is 23.3 Å². The first-order valence-corrected chi connectivity index (χ1v) is 10.3. The fourth-order valence-corrected chi connectivity index (χ4v) is 3.69. The molecule has 1 N–H and O–H groups in total. The van der Waals surface area contributed by atoms with Crippen LogP contribution in [0.3, 0.4) is 0 Å². The molecule has 0 bridgehead atoms. The first kappa shape index (κ1) is 20.6. The number of carbonyl (C=O) groups excluding carboxylic acids is 2. The van der Waals surface area contributed by atoms with Gasteiger partial charge < -0.3 is 15.0 Å². The number of hydrogen-bond donors (Lipinski definition) is 1. The first-order chi connectivity index (χ1) is 14.1. The van der Waals surface area contributed by atoms with Gasteiger partial charge in [-0.1, -0.05) is 66.7 Å². The molecule has 29 heavy (non-hydrogen) atoms. The van der Waals surface area contributed by atoms with Gasteiger partial charge in [-0.2, -0.15) is 0 Å². The summed E-state index contributed by atoms with van der Waals surface area (Å²) in [6, 6.07) is 22.3. The Balaban J connectivity index is 1.64. The summed E-state index contributed by atoms with van der Waals surface area (Å²) >= 11 is 1.60. The quantitative estimate of drug-likeness (QED) is 0.606. The van der Waals surface area contributed by atoms with E-state index >= 15 is 0 Å². The second kappa shape index (κ2) is 10.4. The summed E-state index contributed by atoms with van der Waals surface area (Å²) in [4.78, 5) is 28.1. The normalized spacial score (nSPS) is 11.5. The topological polar surface area (TPSA) is 58.6 Å². The fraction of sp³-hybridized carbons (Fsp3) is 0.217. The molecule has 6 heteroatoms. The molecule has 0 aliphatic rings. The number of thiophene rings is 1. The lowest BCUT2D eigenvalue weighted by atomic mass is 10.0. The molecule has 0 aliphatic carbocycles. The lowest BCUT2D eigenvalue weighted by Crippen LogP contribution is -2.48. The Morgan fingerprint density at radius 2 is 1.62 bits per heavy atom. The van der Waals surface area contributed by atoms with Crippen LogP contribution < -0.4 is 5.32 Å². The number of hydrogen-bond acceptors (Lipinski definition) is 4. The van der Waals surface area contributed by atoms with Gasteiger partial charge in [0.1, 0.15) is 12.6 Å². The van der Waals surface area contributed by atoms with Crippen molar-refractivity contribution in [2.45, 2.75) is 25.6 Å². The minimum atomic E-state index is -0.703. The van der Waals surface area contributed by atoms with E-state index in [9.17, 15) is 9.59 Å². The number of carbonyl (C=O) groups is 2. The number of rotatable bonds is 8. The third-order valence-corrected chi connectivity index (χ3v) is 5.30. The summed E-state index contributed by atoms with van der Waals surface area (Å²) < 4.78 is 5.31. The maximum Gasteiger partial charge on any atom is 0.408 e. The Bertz CT molecular complexity index is 898. The molecule has 0 radical (unpaired) electrons. The largest absolute Gasteiger partial charge is 0.445 e. The second-order valence-corrected chi connectivity index (χ2v) is 7.75. The lowest BCUT2D eigenvalue weighted by Gasteiger charge is -2.24. The Labute approximate surface area is 174 Å². The van der Waals surface area contributed by atoms with E-state index < -0.39 is 12.1 Å².